The summed E-state index contributed by atoms with van der Waals surface area (Å²) >= 11 is 0. The van der Waals surface area contributed by atoms with Gasteiger partial charge in [-0.3, -0.25) is 4.79 Å². The van der Waals surface area contributed by atoms with Crippen molar-refractivity contribution in [2.45, 2.75) is 32.6 Å². The maximum atomic E-state index is 10.5. The molecule has 0 fully saturated rings. The molecule has 1 amide bonds. The minimum atomic E-state index is -1.92. The number of rotatable bonds is 1. The smallest absolute Gasteiger partial charge is 0.276 e. The Bertz CT molecular complexity index is 125. The monoisotopic (exact) mass is 147 g/mol. The molecule has 0 rings (SSSR count). The topological polar surface area (TPSA) is 69.6 Å². The molecule has 0 heterocycles. The SMILES string of the molecule is CC(C)(C)NC(=O)C(O)O. The van der Waals surface area contributed by atoms with E-state index < -0.39 is 17.7 Å². The van der Waals surface area contributed by atoms with E-state index in [0.29, 0.717) is 0 Å². The van der Waals surface area contributed by atoms with Gasteiger partial charge in [0.25, 0.3) is 5.91 Å². The molecule has 3 N–H and O–H groups in total. The average Bonchev–Trinajstić information content (AvgIpc) is 1.60. The van der Waals surface area contributed by atoms with Crippen LogP contribution in [-0.4, -0.2) is 27.9 Å². The van der Waals surface area contributed by atoms with E-state index in [2.05, 4.69) is 5.32 Å². The van der Waals surface area contributed by atoms with E-state index in [1.807, 2.05) is 0 Å². The van der Waals surface area contributed by atoms with Crippen molar-refractivity contribution >= 4 is 5.91 Å². The van der Waals surface area contributed by atoms with Crippen LogP contribution in [0, 0.1) is 0 Å². The zero-order valence-corrected chi connectivity index (χ0v) is 6.38. The fraction of sp³-hybridized carbons (Fsp3) is 0.833. The molecule has 0 atom stereocenters. The van der Waals surface area contributed by atoms with Crippen LogP contribution in [0.3, 0.4) is 0 Å². The van der Waals surface area contributed by atoms with Crippen LogP contribution in [0.2, 0.25) is 0 Å². The molecule has 0 radical (unpaired) electrons. The molecule has 0 spiro atoms. The van der Waals surface area contributed by atoms with Crippen LogP contribution in [0.4, 0.5) is 0 Å². The van der Waals surface area contributed by atoms with Crippen molar-refractivity contribution in [1.82, 2.24) is 5.32 Å². The van der Waals surface area contributed by atoms with Gasteiger partial charge in [0.15, 0.2) is 0 Å². The third-order valence-corrected chi connectivity index (χ3v) is 0.733. The molecule has 0 aliphatic carbocycles. The van der Waals surface area contributed by atoms with E-state index >= 15 is 0 Å². The average molecular weight is 147 g/mol. The third-order valence-electron chi connectivity index (χ3n) is 0.733. The summed E-state index contributed by atoms with van der Waals surface area (Å²) in [6.07, 6.45) is -1.92. The second-order valence-electron chi connectivity index (χ2n) is 3.11. The molecule has 0 saturated carbocycles. The fourth-order valence-electron chi connectivity index (χ4n) is 0.434. The number of aliphatic hydroxyl groups excluding tert-OH is 1. The Balaban J connectivity index is 3.81. The third kappa shape index (κ3) is 4.29. The van der Waals surface area contributed by atoms with Gasteiger partial charge in [-0.1, -0.05) is 0 Å². The van der Waals surface area contributed by atoms with Gasteiger partial charge in [-0.15, -0.1) is 0 Å². The lowest BCUT2D eigenvalue weighted by Gasteiger charge is -2.20. The highest BCUT2D eigenvalue weighted by atomic mass is 16.5. The van der Waals surface area contributed by atoms with Crippen molar-refractivity contribution in [3.8, 4) is 0 Å². The molecule has 4 heteroatoms. The normalized spacial score (nSPS) is 11.8. The summed E-state index contributed by atoms with van der Waals surface area (Å²) in [5, 5.41) is 19.0. The summed E-state index contributed by atoms with van der Waals surface area (Å²) in [5.41, 5.74) is -0.416. The summed E-state index contributed by atoms with van der Waals surface area (Å²) < 4.78 is 0. The molecular formula is C6H13NO3. The van der Waals surface area contributed by atoms with Gasteiger partial charge >= 0.3 is 0 Å². The number of carbonyl (C=O) groups excluding carboxylic acids is 1. The van der Waals surface area contributed by atoms with Crippen LogP contribution < -0.4 is 5.32 Å². The van der Waals surface area contributed by atoms with Crippen molar-refractivity contribution in [3.63, 3.8) is 0 Å². The first kappa shape index (κ1) is 9.39. The van der Waals surface area contributed by atoms with Gasteiger partial charge in [0, 0.05) is 5.54 Å². The first-order chi connectivity index (χ1) is 4.33. The number of aliphatic hydroxyl groups is 2. The maximum absolute atomic E-state index is 10.5. The van der Waals surface area contributed by atoms with Crippen LogP contribution >= 0.6 is 0 Å². The number of hydrogen-bond acceptors (Lipinski definition) is 3. The van der Waals surface area contributed by atoms with Crippen molar-refractivity contribution in [2.24, 2.45) is 0 Å². The van der Waals surface area contributed by atoms with Gasteiger partial charge in [0.2, 0.25) is 6.29 Å². The maximum Gasteiger partial charge on any atom is 0.276 e. The Kier molecular flexibility index (Phi) is 2.80. The molecule has 0 unspecified atom stereocenters. The lowest BCUT2D eigenvalue weighted by Crippen LogP contribution is -2.45. The highest BCUT2D eigenvalue weighted by Gasteiger charge is 2.17. The minimum Gasteiger partial charge on any atom is -0.361 e. The van der Waals surface area contributed by atoms with Gasteiger partial charge in [-0.2, -0.15) is 0 Å². The number of nitrogens with one attached hydrogen (secondary N) is 1. The molecule has 60 valence electrons. The standard InChI is InChI=1S/C6H13NO3/c1-6(2,3)7-4(8)5(9)10/h5,9-10H,1-3H3,(H,7,8). The Hall–Kier alpha value is -0.610. The highest BCUT2D eigenvalue weighted by Crippen LogP contribution is 1.98. The summed E-state index contributed by atoms with van der Waals surface area (Å²) in [5.74, 6) is -0.771. The fourth-order valence-corrected chi connectivity index (χ4v) is 0.434. The zero-order chi connectivity index (χ0) is 8.36. The van der Waals surface area contributed by atoms with Crippen LogP contribution in [0.5, 0.6) is 0 Å². The second-order valence-corrected chi connectivity index (χ2v) is 3.11. The van der Waals surface area contributed by atoms with E-state index in [0.717, 1.165) is 0 Å². The van der Waals surface area contributed by atoms with E-state index in [9.17, 15) is 4.79 Å². The van der Waals surface area contributed by atoms with E-state index in [1.165, 1.54) is 0 Å². The zero-order valence-electron chi connectivity index (χ0n) is 6.38. The molecule has 10 heavy (non-hydrogen) atoms. The molecule has 0 aliphatic heterocycles. The van der Waals surface area contributed by atoms with Crippen LogP contribution in [-0.2, 0) is 4.79 Å². The van der Waals surface area contributed by atoms with E-state index in [4.69, 9.17) is 10.2 Å². The quantitative estimate of drug-likeness (QED) is 0.426. The predicted octanol–water partition coefficient (Wildman–Crippen LogP) is -0.788. The summed E-state index contributed by atoms with van der Waals surface area (Å²) in [7, 11) is 0. The number of amides is 1. The Morgan fingerprint density at radius 3 is 1.90 bits per heavy atom. The van der Waals surface area contributed by atoms with E-state index in [-0.39, 0.29) is 0 Å². The Labute approximate surface area is 59.9 Å². The predicted molar refractivity (Wildman–Crippen MR) is 36.1 cm³/mol. The lowest BCUT2D eigenvalue weighted by atomic mass is 10.1. The number of carbonyl (C=O) groups is 1. The summed E-state index contributed by atoms with van der Waals surface area (Å²) in [4.78, 5) is 10.5. The molecule has 0 bridgehead atoms. The Morgan fingerprint density at radius 2 is 1.80 bits per heavy atom. The van der Waals surface area contributed by atoms with Gasteiger partial charge in [-0.05, 0) is 20.8 Å². The minimum absolute atomic E-state index is 0.416. The van der Waals surface area contributed by atoms with Crippen molar-refractivity contribution < 1.29 is 15.0 Å². The molecule has 0 saturated heterocycles. The highest BCUT2D eigenvalue weighted by molar-refractivity contribution is 5.79. The van der Waals surface area contributed by atoms with Gasteiger partial charge in [-0.25, -0.2) is 0 Å². The first-order valence-electron chi connectivity index (χ1n) is 3.01. The first-order valence-corrected chi connectivity index (χ1v) is 3.01. The van der Waals surface area contributed by atoms with Crippen molar-refractivity contribution in [3.05, 3.63) is 0 Å². The second kappa shape index (κ2) is 2.98. The van der Waals surface area contributed by atoms with Crippen LogP contribution in [0.1, 0.15) is 20.8 Å². The summed E-state index contributed by atoms with van der Waals surface area (Å²) in [6, 6.07) is 0. The summed E-state index contributed by atoms with van der Waals surface area (Å²) in [6.45, 7) is 5.27. The van der Waals surface area contributed by atoms with Gasteiger partial charge < -0.3 is 15.5 Å². The molecule has 0 aromatic heterocycles. The molecule has 0 aliphatic rings. The lowest BCUT2D eigenvalue weighted by molar-refractivity contribution is -0.148. The van der Waals surface area contributed by atoms with Crippen LogP contribution in [0.25, 0.3) is 0 Å². The van der Waals surface area contributed by atoms with E-state index in [1.54, 1.807) is 20.8 Å². The van der Waals surface area contributed by atoms with Crippen LogP contribution in [0.15, 0.2) is 0 Å². The van der Waals surface area contributed by atoms with Gasteiger partial charge in [0.05, 0.1) is 0 Å². The Morgan fingerprint density at radius 1 is 1.40 bits per heavy atom. The molecule has 0 aromatic rings. The van der Waals surface area contributed by atoms with Gasteiger partial charge in [0.1, 0.15) is 0 Å². The molecule has 0 aromatic carbocycles. The molecular weight excluding hydrogens is 134 g/mol. The number of hydrogen-bond donors (Lipinski definition) is 3. The van der Waals surface area contributed by atoms with Crippen molar-refractivity contribution in [2.75, 3.05) is 0 Å². The molecule has 4 nitrogen and oxygen atoms in total. The van der Waals surface area contributed by atoms with Crippen molar-refractivity contribution in [1.29, 1.82) is 0 Å². The largest absolute Gasteiger partial charge is 0.361 e.